The Balaban J connectivity index is 3.13. The molecule has 1 aliphatic rings. The van der Waals surface area contributed by atoms with Gasteiger partial charge in [0.25, 0.3) is 0 Å². The Morgan fingerprint density at radius 1 is 1.43 bits per heavy atom. The van der Waals surface area contributed by atoms with Crippen LogP contribution in [0.25, 0.3) is 0 Å². The standard InChI is InChI=1S/C6H6BrCl2N3O2/c7-5(9)3(8)4(12(13)14)6-10-1-2-11-6/h10-11H,1-2H2/b5-3+. The van der Waals surface area contributed by atoms with E-state index in [2.05, 4.69) is 26.6 Å². The van der Waals surface area contributed by atoms with Crippen LogP contribution in [0, 0.1) is 10.1 Å². The summed E-state index contributed by atoms with van der Waals surface area (Å²) in [5, 5.41) is 16.2. The van der Waals surface area contributed by atoms with Crippen LogP contribution in [0.2, 0.25) is 0 Å². The quantitative estimate of drug-likeness (QED) is 0.601. The molecule has 0 saturated carbocycles. The molecule has 0 aliphatic carbocycles. The molecule has 1 heterocycles. The lowest BCUT2D eigenvalue weighted by Crippen LogP contribution is -2.18. The number of hydrogen-bond acceptors (Lipinski definition) is 4. The highest BCUT2D eigenvalue weighted by atomic mass is 79.9. The van der Waals surface area contributed by atoms with Crippen molar-refractivity contribution >= 4 is 39.1 Å². The number of hydrogen-bond donors (Lipinski definition) is 2. The largest absolute Gasteiger partial charge is 0.364 e. The second kappa shape index (κ2) is 4.86. The van der Waals surface area contributed by atoms with Gasteiger partial charge in [0.2, 0.25) is 0 Å². The van der Waals surface area contributed by atoms with Crippen molar-refractivity contribution in [3.8, 4) is 0 Å². The van der Waals surface area contributed by atoms with Crippen LogP contribution < -0.4 is 10.6 Å². The van der Waals surface area contributed by atoms with E-state index in [1.165, 1.54) is 0 Å². The average molecular weight is 303 g/mol. The Hall–Kier alpha value is -0.460. The van der Waals surface area contributed by atoms with Crippen LogP contribution in [0.1, 0.15) is 0 Å². The van der Waals surface area contributed by atoms with Gasteiger partial charge in [0.1, 0.15) is 8.97 Å². The van der Waals surface area contributed by atoms with Gasteiger partial charge in [-0.3, -0.25) is 10.1 Å². The summed E-state index contributed by atoms with van der Waals surface area (Å²) in [4.78, 5) is 10.1. The number of rotatable bonds is 2. The minimum atomic E-state index is -0.591. The normalized spacial score (nSPS) is 16.9. The van der Waals surface area contributed by atoms with Crippen LogP contribution in [-0.2, 0) is 0 Å². The van der Waals surface area contributed by atoms with E-state index in [0.29, 0.717) is 13.1 Å². The summed E-state index contributed by atoms with van der Waals surface area (Å²) in [5.74, 6) is 0.289. The lowest BCUT2D eigenvalue weighted by molar-refractivity contribution is -0.421. The molecule has 0 spiro atoms. The molecule has 1 rings (SSSR count). The summed E-state index contributed by atoms with van der Waals surface area (Å²) < 4.78 is 0.00821. The van der Waals surface area contributed by atoms with E-state index in [1.54, 1.807) is 0 Å². The van der Waals surface area contributed by atoms with Crippen molar-refractivity contribution in [3.63, 3.8) is 0 Å². The maximum atomic E-state index is 10.7. The first kappa shape index (κ1) is 11.6. The Labute approximate surface area is 98.4 Å². The topological polar surface area (TPSA) is 67.2 Å². The minimum absolute atomic E-state index is 0.00821. The fourth-order valence-electron chi connectivity index (χ4n) is 0.976. The van der Waals surface area contributed by atoms with E-state index < -0.39 is 4.92 Å². The Morgan fingerprint density at radius 2 is 1.93 bits per heavy atom. The monoisotopic (exact) mass is 301 g/mol. The molecule has 0 aromatic rings. The van der Waals surface area contributed by atoms with Gasteiger partial charge in [-0.05, 0) is 15.9 Å². The van der Waals surface area contributed by atoms with Gasteiger partial charge in [-0.1, -0.05) is 23.2 Å². The van der Waals surface area contributed by atoms with Crippen molar-refractivity contribution in [1.82, 2.24) is 10.6 Å². The first-order valence-corrected chi connectivity index (χ1v) is 5.16. The maximum Gasteiger partial charge on any atom is 0.329 e. The first-order valence-electron chi connectivity index (χ1n) is 3.61. The predicted octanol–water partition coefficient (Wildman–Crippen LogP) is 1.67. The van der Waals surface area contributed by atoms with Gasteiger partial charge in [-0.25, -0.2) is 0 Å². The van der Waals surface area contributed by atoms with Crippen LogP contribution in [0.5, 0.6) is 0 Å². The molecule has 1 fully saturated rings. The maximum absolute atomic E-state index is 10.7. The fourth-order valence-corrected chi connectivity index (χ4v) is 1.42. The molecule has 0 bridgehead atoms. The molecule has 14 heavy (non-hydrogen) atoms. The molecule has 0 aromatic heterocycles. The van der Waals surface area contributed by atoms with Crippen molar-refractivity contribution in [3.05, 3.63) is 30.6 Å². The Bertz CT molecular complexity index is 317. The number of nitrogens with one attached hydrogen (secondary N) is 2. The number of nitrogens with zero attached hydrogens (tertiary/aromatic N) is 1. The Morgan fingerprint density at radius 3 is 2.29 bits per heavy atom. The number of allylic oxidation sites excluding steroid dienone is 1. The van der Waals surface area contributed by atoms with E-state index in [-0.39, 0.29) is 20.5 Å². The third kappa shape index (κ3) is 2.52. The molecule has 78 valence electrons. The second-order valence-corrected chi connectivity index (χ2v) is 4.41. The first-order chi connectivity index (χ1) is 6.54. The van der Waals surface area contributed by atoms with E-state index in [4.69, 9.17) is 23.2 Å². The lowest BCUT2D eigenvalue weighted by Gasteiger charge is -2.02. The summed E-state index contributed by atoms with van der Waals surface area (Å²) in [6, 6.07) is 0. The molecule has 0 aromatic carbocycles. The molecule has 1 aliphatic heterocycles. The lowest BCUT2D eigenvalue weighted by atomic mass is 10.4. The molecule has 0 atom stereocenters. The molecule has 8 heteroatoms. The zero-order chi connectivity index (χ0) is 10.7. The van der Waals surface area contributed by atoms with E-state index in [0.717, 1.165) is 0 Å². The molecule has 1 saturated heterocycles. The molecular weight excluding hydrogens is 297 g/mol. The Kier molecular flexibility index (Phi) is 4.03. The van der Waals surface area contributed by atoms with Crippen molar-refractivity contribution in [1.29, 1.82) is 0 Å². The fraction of sp³-hybridized carbons (Fsp3) is 0.333. The highest BCUT2D eigenvalue weighted by Gasteiger charge is 2.26. The third-order valence-electron chi connectivity index (χ3n) is 1.52. The van der Waals surface area contributed by atoms with Gasteiger partial charge >= 0.3 is 5.70 Å². The van der Waals surface area contributed by atoms with Crippen LogP contribution in [-0.4, -0.2) is 18.0 Å². The van der Waals surface area contributed by atoms with Gasteiger partial charge in [0, 0.05) is 13.1 Å². The van der Waals surface area contributed by atoms with Gasteiger partial charge in [-0.15, -0.1) is 0 Å². The average Bonchev–Trinajstić information content (AvgIpc) is 2.56. The van der Waals surface area contributed by atoms with E-state index in [9.17, 15) is 10.1 Å². The summed E-state index contributed by atoms with van der Waals surface area (Å²) in [6.45, 7) is 1.24. The van der Waals surface area contributed by atoms with Crippen LogP contribution in [0.15, 0.2) is 20.5 Å². The third-order valence-corrected chi connectivity index (χ3v) is 2.80. The van der Waals surface area contributed by atoms with Gasteiger partial charge in [0.15, 0.2) is 5.82 Å². The molecule has 5 nitrogen and oxygen atoms in total. The summed E-state index contributed by atoms with van der Waals surface area (Å²) in [6.07, 6.45) is 0. The van der Waals surface area contributed by atoms with Crippen molar-refractivity contribution in [2.24, 2.45) is 0 Å². The smallest absolute Gasteiger partial charge is 0.329 e. The summed E-state index contributed by atoms with van der Waals surface area (Å²) in [7, 11) is 0. The highest BCUT2D eigenvalue weighted by molar-refractivity contribution is 9.12. The van der Waals surface area contributed by atoms with Crippen molar-refractivity contribution < 1.29 is 4.92 Å². The van der Waals surface area contributed by atoms with Crippen molar-refractivity contribution in [2.75, 3.05) is 13.1 Å². The zero-order valence-corrected chi connectivity index (χ0v) is 9.91. The van der Waals surface area contributed by atoms with E-state index in [1.807, 2.05) is 0 Å². The molecule has 0 unspecified atom stereocenters. The highest BCUT2D eigenvalue weighted by Crippen LogP contribution is 2.28. The van der Waals surface area contributed by atoms with E-state index >= 15 is 0 Å². The van der Waals surface area contributed by atoms with Gasteiger partial charge in [0.05, 0.1) is 4.92 Å². The second-order valence-electron chi connectivity index (χ2n) is 2.41. The molecular formula is C6H6BrCl2N3O2. The molecule has 0 radical (unpaired) electrons. The predicted molar refractivity (Wildman–Crippen MR) is 57.7 cm³/mol. The van der Waals surface area contributed by atoms with Gasteiger partial charge < -0.3 is 10.6 Å². The van der Waals surface area contributed by atoms with Crippen molar-refractivity contribution in [2.45, 2.75) is 0 Å². The van der Waals surface area contributed by atoms with Crippen LogP contribution in [0.3, 0.4) is 0 Å². The number of halogens is 3. The van der Waals surface area contributed by atoms with Gasteiger partial charge in [-0.2, -0.15) is 0 Å². The summed E-state index contributed by atoms with van der Waals surface area (Å²) >= 11 is 14.1. The minimum Gasteiger partial charge on any atom is -0.364 e. The molecule has 2 N–H and O–H groups in total. The zero-order valence-electron chi connectivity index (χ0n) is 6.81. The van der Waals surface area contributed by atoms with Crippen LogP contribution >= 0.6 is 39.1 Å². The molecule has 0 amide bonds. The summed E-state index contributed by atoms with van der Waals surface area (Å²) in [5.41, 5.74) is -0.258. The SMILES string of the molecule is O=[N+]([O-])C(=C1NCCN1)/C(Cl)=C(\Cl)Br. The number of nitro groups is 1. The van der Waals surface area contributed by atoms with Crippen LogP contribution in [0.4, 0.5) is 0 Å².